The Bertz CT molecular complexity index is 690. The average Bonchev–Trinajstić information content (AvgIpc) is 2.69. The van der Waals surface area contributed by atoms with Crippen molar-refractivity contribution in [2.75, 3.05) is 26.2 Å². The van der Waals surface area contributed by atoms with Crippen molar-refractivity contribution < 1.29 is 9.90 Å². The fourth-order valence-electron chi connectivity index (χ4n) is 3.36. The molecule has 132 valence electrons. The number of benzene rings is 1. The molecule has 1 saturated heterocycles. The van der Waals surface area contributed by atoms with Gasteiger partial charge in [-0.05, 0) is 54.8 Å². The number of nitrogens with zero attached hydrogens (tertiary/aromatic N) is 2. The molecule has 5 heteroatoms. The van der Waals surface area contributed by atoms with Crippen molar-refractivity contribution in [3.05, 3.63) is 54.4 Å². The third-order valence-corrected chi connectivity index (χ3v) is 4.78. The van der Waals surface area contributed by atoms with Crippen LogP contribution in [0.2, 0.25) is 0 Å². The summed E-state index contributed by atoms with van der Waals surface area (Å²) in [5.74, 6) is -0.0616. The third kappa shape index (κ3) is 4.65. The van der Waals surface area contributed by atoms with Gasteiger partial charge in [-0.1, -0.05) is 18.6 Å². The van der Waals surface area contributed by atoms with E-state index in [1.807, 2.05) is 36.4 Å². The second kappa shape index (κ2) is 8.74. The summed E-state index contributed by atoms with van der Waals surface area (Å²) in [6, 6.07) is 11.7. The number of aromatic nitrogens is 1. The first-order valence-corrected chi connectivity index (χ1v) is 8.91. The van der Waals surface area contributed by atoms with Gasteiger partial charge in [0.25, 0.3) is 5.91 Å². The Morgan fingerprint density at radius 1 is 1.20 bits per heavy atom. The lowest BCUT2D eigenvalue weighted by Crippen LogP contribution is -2.45. The van der Waals surface area contributed by atoms with Crippen LogP contribution in [0.1, 0.15) is 29.6 Å². The first kappa shape index (κ1) is 17.6. The van der Waals surface area contributed by atoms with Gasteiger partial charge in [0.2, 0.25) is 0 Å². The fourth-order valence-corrected chi connectivity index (χ4v) is 3.36. The number of aliphatic hydroxyl groups excluding tert-OH is 1. The van der Waals surface area contributed by atoms with Gasteiger partial charge >= 0.3 is 0 Å². The molecule has 2 heterocycles. The van der Waals surface area contributed by atoms with Crippen LogP contribution in [0.5, 0.6) is 0 Å². The minimum Gasteiger partial charge on any atom is -0.395 e. The van der Waals surface area contributed by atoms with Crippen LogP contribution >= 0.6 is 0 Å². The molecule has 1 atom stereocenters. The quantitative estimate of drug-likeness (QED) is 0.848. The summed E-state index contributed by atoms with van der Waals surface area (Å²) in [7, 11) is 0. The molecular weight excluding hydrogens is 314 g/mol. The number of likely N-dealkylation sites (tertiary alicyclic amines) is 1. The Hall–Kier alpha value is -2.24. The average molecular weight is 339 g/mol. The Labute approximate surface area is 148 Å². The number of hydrogen-bond acceptors (Lipinski definition) is 4. The minimum absolute atomic E-state index is 0.0616. The van der Waals surface area contributed by atoms with E-state index in [1.165, 1.54) is 12.8 Å². The number of carbonyl (C=O) groups is 1. The second-order valence-electron chi connectivity index (χ2n) is 6.44. The zero-order chi connectivity index (χ0) is 17.5. The van der Waals surface area contributed by atoms with E-state index in [9.17, 15) is 9.90 Å². The van der Waals surface area contributed by atoms with Crippen molar-refractivity contribution in [2.24, 2.45) is 0 Å². The molecule has 1 aliphatic rings. The third-order valence-electron chi connectivity index (χ3n) is 4.78. The molecule has 5 nitrogen and oxygen atoms in total. The van der Waals surface area contributed by atoms with Gasteiger partial charge in [0.15, 0.2) is 0 Å². The molecule has 0 unspecified atom stereocenters. The van der Waals surface area contributed by atoms with E-state index in [1.54, 1.807) is 12.4 Å². The van der Waals surface area contributed by atoms with Crippen molar-refractivity contribution in [3.63, 3.8) is 0 Å². The SMILES string of the molecule is O=C(NCCN1CCCC[C@@H]1CO)c1cccc(-c2ccncc2)c1. The molecule has 25 heavy (non-hydrogen) atoms. The number of amides is 1. The van der Waals surface area contributed by atoms with Crippen LogP contribution in [-0.4, -0.2) is 53.2 Å². The minimum atomic E-state index is -0.0616. The lowest BCUT2D eigenvalue weighted by atomic mass is 10.0. The van der Waals surface area contributed by atoms with E-state index >= 15 is 0 Å². The molecule has 0 spiro atoms. The monoisotopic (exact) mass is 339 g/mol. The first-order chi connectivity index (χ1) is 12.3. The number of carbonyl (C=O) groups excluding carboxylic acids is 1. The lowest BCUT2D eigenvalue weighted by molar-refractivity contribution is 0.0849. The molecule has 2 aromatic rings. The highest BCUT2D eigenvalue weighted by Crippen LogP contribution is 2.19. The van der Waals surface area contributed by atoms with E-state index in [-0.39, 0.29) is 18.6 Å². The Morgan fingerprint density at radius 2 is 2.04 bits per heavy atom. The van der Waals surface area contributed by atoms with E-state index in [4.69, 9.17) is 0 Å². The maximum absolute atomic E-state index is 12.4. The van der Waals surface area contributed by atoms with Gasteiger partial charge in [-0.3, -0.25) is 14.7 Å². The lowest BCUT2D eigenvalue weighted by Gasteiger charge is -2.34. The molecule has 0 aliphatic carbocycles. The number of pyridine rings is 1. The summed E-state index contributed by atoms with van der Waals surface area (Å²) < 4.78 is 0. The van der Waals surface area contributed by atoms with E-state index in [0.29, 0.717) is 12.1 Å². The highest BCUT2D eigenvalue weighted by Gasteiger charge is 2.21. The summed E-state index contributed by atoms with van der Waals surface area (Å²) in [6.45, 7) is 2.57. The summed E-state index contributed by atoms with van der Waals surface area (Å²) >= 11 is 0. The van der Waals surface area contributed by atoms with E-state index < -0.39 is 0 Å². The van der Waals surface area contributed by atoms with E-state index in [0.717, 1.165) is 30.6 Å². The van der Waals surface area contributed by atoms with Gasteiger partial charge in [0.1, 0.15) is 0 Å². The van der Waals surface area contributed by atoms with Crippen LogP contribution in [-0.2, 0) is 0 Å². The normalized spacial score (nSPS) is 18.0. The van der Waals surface area contributed by atoms with Crippen LogP contribution < -0.4 is 5.32 Å². The molecular formula is C20H25N3O2. The van der Waals surface area contributed by atoms with Crippen molar-refractivity contribution in [2.45, 2.75) is 25.3 Å². The molecule has 3 rings (SSSR count). The zero-order valence-electron chi connectivity index (χ0n) is 14.4. The van der Waals surface area contributed by atoms with Crippen molar-refractivity contribution in [1.29, 1.82) is 0 Å². The largest absolute Gasteiger partial charge is 0.395 e. The molecule has 0 radical (unpaired) electrons. The van der Waals surface area contributed by atoms with Crippen LogP contribution in [0.4, 0.5) is 0 Å². The summed E-state index contributed by atoms with van der Waals surface area (Å²) in [5, 5.41) is 12.4. The fraction of sp³-hybridized carbons (Fsp3) is 0.400. The number of aliphatic hydroxyl groups is 1. The molecule has 1 fully saturated rings. The molecule has 1 aliphatic heterocycles. The van der Waals surface area contributed by atoms with Crippen LogP contribution in [0.25, 0.3) is 11.1 Å². The number of rotatable bonds is 6. The van der Waals surface area contributed by atoms with Crippen LogP contribution in [0.15, 0.2) is 48.8 Å². The van der Waals surface area contributed by atoms with Crippen LogP contribution in [0.3, 0.4) is 0 Å². The van der Waals surface area contributed by atoms with Crippen molar-refractivity contribution >= 4 is 5.91 Å². The van der Waals surface area contributed by atoms with Gasteiger partial charge in [-0.25, -0.2) is 0 Å². The van der Waals surface area contributed by atoms with Gasteiger partial charge in [-0.2, -0.15) is 0 Å². The van der Waals surface area contributed by atoms with Crippen molar-refractivity contribution in [3.8, 4) is 11.1 Å². The molecule has 2 N–H and O–H groups in total. The highest BCUT2D eigenvalue weighted by molar-refractivity contribution is 5.95. The van der Waals surface area contributed by atoms with Gasteiger partial charge in [0.05, 0.1) is 6.61 Å². The topological polar surface area (TPSA) is 65.5 Å². The van der Waals surface area contributed by atoms with Gasteiger partial charge in [-0.15, -0.1) is 0 Å². The smallest absolute Gasteiger partial charge is 0.251 e. The summed E-state index contributed by atoms with van der Waals surface area (Å²) in [5.41, 5.74) is 2.71. The zero-order valence-corrected chi connectivity index (χ0v) is 14.4. The number of nitrogens with one attached hydrogen (secondary N) is 1. The molecule has 1 amide bonds. The predicted octanol–water partition coefficient (Wildman–Crippen LogP) is 2.33. The maximum Gasteiger partial charge on any atom is 0.251 e. The standard InChI is InChI=1S/C20H25N3O2/c24-15-19-6-1-2-12-23(19)13-11-22-20(25)18-5-3-4-17(14-18)16-7-9-21-10-8-16/h3-5,7-10,14,19,24H,1-2,6,11-13,15H2,(H,22,25)/t19-/m1/s1. The molecule has 1 aromatic carbocycles. The van der Waals surface area contributed by atoms with E-state index in [2.05, 4.69) is 15.2 Å². The van der Waals surface area contributed by atoms with Crippen LogP contribution in [0, 0.1) is 0 Å². The van der Waals surface area contributed by atoms with Gasteiger partial charge < -0.3 is 10.4 Å². The summed E-state index contributed by atoms with van der Waals surface area (Å²) in [4.78, 5) is 18.7. The number of hydrogen-bond donors (Lipinski definition) is 2. The maximum atomic E-state index is 12.4. The van der Waals surface area contributed by atoms with Crippen molar-refractivity contribution in [1.82, 2.24) is 15.2 Å². The molecule has 0 bridgehead atoms. The number of piperidine rings is 1. The molecule has 1 aromatic heterocycles. The van der Waals surface area contributed by atoms with Gasteiger partial charge in [0, 0.05) is 37.1 Å². The Kier molecular flexibility index (Phi) is 6.14. The summed E-state index contributed by atoms with van der Waals surface area (Å²) in [6.07, 6.45) is 6.88. The molecule has 0 saturated carbocycles. The highest BCUT2D eigenvalue weighted by atomic mass is 16.3. The Morgan fingerprint density at radius 3 is 2.84 bits per heavy atom. The second-order valence-corrected chi connectivity index (χ2v) is 6.44. The Balaban J connectivity index is 1.56. The predicted molar refractivity (Wildman–Crippen MR) is 98.3 cm³/mol. The first-order valence-electron chi connectivity index (χ1n) is 8.91.